The van der Waals surface area contributed by atoms with Crippen molar-refractivity contribution in [2.75, 3.05) is 31.6 Å². The summed E-state index contributed by atoms with van der Waals surface area (Å²) in [6, 6.07) is 6.74. The molecule has 1 aromatic rings. The number of guanidine groups is 1. The van der Waals surface area contributed by atoms with Crippen LogP contribution in [0.2, 0.25) is 0 Å². The van der Waals surface area contributed by atoms with Gasteiger partial charge in [-0.3, -0.25) is 0 Å². The van der Waals surface area contributed by atoms with Gasteiger partial charge < -0.3 is 15.5 Å². The number of likely N-dealkylation sites (tertiary alicyclic amines) is 1. The second kappa shape index (κ2) is 8.76. The number of halogens is 1. The molecule has 2 N–H and O–H groups in total. The van der Waals surface area contributed by atoms with Crippen molar-refractivity contribution in [3.63, 3.8) is 0 Å². The zero-order valence-corrected chi connectivity index (χ0v) is 16.5. The topological polar surface area (TPSA) is 44.9 Å². The van der Waals surface area contributed by atoms with Crippen molar-refractivity contribution < 1.29 is 0 Å². The van der Waals surface area contributed by atoms with E-state index in [4.69, 9.17) is 5.73 Å². The molecule has 0 bridgehead atoms. The first kappa shape index (κ1) is 18.4. The summed E-state index contributed by atoms with van der Waals surface area (Å²) in [7, 11) is 2.17. The van der Waals surface area contributed by atoms with Gasteiger partial charge in [-0.1, -0.05) is 25.0 Å². The summed E-state index contributed by atoms with van der Waals surface area (Å²) in [4.78, 5) is 9.23. The molecule has 5 heteroatoms. The van der Waals surface area contributed by atoms with E-state index >= 15 is 0 Å². The first-order chi connectivity index (χ1) is 10.7. The summed E-state index contributed by atoms with van der Waals surface area (Å²) in [5.74, 6) is 0.719. The Morgan fingerprint density at radius 3 is 2.57 bits per heavy atom. The maximum absolute atomic E-state index is 6.19. The number of nitrogens with zero attached hydrogens (tertiary/aromatic N) is 3. The largest absolute Gasteiger partial charge is 0.374 e. The van der Waals surface area contributed by atoms with Crippen LogP contribution in [-0.4, -0.2) is 37.5 Å². The normalized spacial score (nSPS) is 18.9. The molecule has 1 fully saturated rings. The number of benzene rings is 1. The van der Waals surface area contributed by atoms with Gasteiger partial charge in [0.2, 0.25) is 0 Å². The summed E-state index contributed by atoms with van der Waals surface area (Å²) in [5.41, 5.74) is 10.3. The molecule has 4 nitrogen and oxygen atoms in total. The second-order valence-corrected chi connectivity index (χ2v) is 6.56. The Kier molecular flexibility index (Phi) is 6.99. The minimum absolute atomic E-state index is 0. The Balaban J connectivity index is 0.00000192. The maximum atomic E-state index is 6.19. The lowest BCUT2D eigenvalue weighted by Gasteiger charge is -2.27. The van der Waals surface area contributed by atoms with Crippen LogP contribution in [0.4, 0.5) is 5.69 Å². The summed E-state index contributed by atoms with van der Waals surface area (Å²) in [6.45, 7) is 3.97. The zero-order valence-electron chi connectivity index (χ0n) is 14.1. The SMILES string of the molecule is CN1CCCc2cc(CN=C(N)N3CCCCCC3)ccc21.I. The van der Waals surface area contributed by atoms with Crippen molar-refractivity contribution in [2.24, 2.45) is 10.7 Å². The fourth-order valence-electron chi connectivity index (χ4n) is 3.51. The molecule has 0 atom stereocenters. The van der Waals surface area contributed by atoms with E-state index in [-0.39, 0.29) is 24.0 Å². The molecule has 3 rings (SSSR count). The molecule has 128 valence electrons. The second-order valence-electron chi connectivity index (χ2n) is 6.56. The van der Waals surface area contributed by atoms with Crippen molar-refractivity contribution in [2.45, 2.75) is 45.1 Å². The maximum Gasteiger partial charge on any atom is 0.191 e. The lowest BCUT2D eigenvalue weighted by atomic mass is 10.00. The lowest BCUT2D eigenvalue weighted by Crippen LogP contribution is -2.38. The van der Waals surface area contributed by atoms with Crippen LogP contribution in [-0.2, 0) is 13.0 Å². The van der Waals surface area contributed by atoms with E-state index in [9.17, 15) is 0 Å². The molecule has 1 aromatic carbocycles. The third-order valence-electron chi connectivity index (χ3n) is 4.85. The molecule has 0 saturated carbocycles. The van der Waals surface area contributed by atoms with Gasteiger partial charge in [0, 0.05) is 32.4 Å². The minimum Gasteiger partial charge on any atom is -0.374 e. The Labute approximate surface area is 157 Å². The van der Waals surface area contributed by atoms with E-state index in [1.54, 1.807) is 0 Å². The fourth-order valence-corrected chi connectivity index (χ4v) is 3.51. The first-order valence-corrected chi connectivity index (χ1v) is 8.62. The Hall–Kier alpha value is -0.980. The van der Waals surface area contributed by atoms with Gasteiger partial charge in [-0.25, -0.2) is 4.99 Å². The minimum atomic E-state index is 0. The highest BCUT2D eigenvalue weighted by Crippen LogP contribution is 2.27. The van der Waals surface area contributed by atoms with Crippen LogP contribution < -0.4 is 10.6 Å². The lowest BCUT2D eigenvalue weighted by molar-refractivity contribution is 0.428. The van der Waals surface area contributed by atoms with Gasteiger partial charge >= 0.3 is 0 Å². The van der Waals surface area contributed by atoms with Crippen LogP contribution in [0.15, 0.2) is 23.2 Å². The number of hydrogen-bond donors (Lipinski definition) is 1. The van der Waals surface area contributed by atoms with Crippen LogP contribution in [0.5, 0.6) is 0 Å². The average molecular weight is 428 g/mol. The summed E-state index contributed by atoms with van der Waals surface area (Å²) in [5, 5.41) is 0. The van der Waals surface area contributed by atoms with Gasteiger partial charge in [0.15, 0.2) is 5.96 Å². The van der Waals surface area contributed by atoms with Gasteiger partial charge in [0.1, 0.15) is 0 Å². The average Bonchev–Trinajstić information content (AvgIpc) is 2.82. The molecule has 2 aliphatic heterocycles. The number of nitrogens with two attached hydrogens (primary N) is 1. The smallest absolute Gasteiger partial charge is 0.191 e. The monoisotopic (exact) mass is 428 g/mol. The number of aryl methyl sites for hydroxylation is 1. The van der Waals surface area contributed by atoms with E-state index in [0.717, 1.165) is 25.6 Å². The molecule has 0 aliphatic carbocycles. The van der Waals surface area contributed by atoms with Crippen molar-refractivity contribution in [1.29, 1.82) is 0 Å². The predicted octanol–water partition coefficient (Wildman–Crippen LogP) is 3.38. The van der Waals surface area contributed by atoms with E-state index < -0.39 is 0 Å². The van der Waals surface area contributed by atoms with E-state index in [2.05, 4.69) is 40.0 Å². The van der Waals surface area contributed by atoms with Crippen molar-refractivity contribution in [3.8, 4) is 0 Å². The number of rotatable bonds is 2. The van der Waals surface area contributed by atoms with Crippen molar-refractivity contribution >= 4 is 35.6 Å². The van der Waals surface area contributed by atoms with E-state index in [1.807, 2.05) is 0 Å². The fraction of sp³-hybridized carbons (Fsp3) is 0.611. The van der Waals surface area contributed by atoms with Gasteiger partial charge in [0.25, 0.3) is 0 Å². The molecular weight excluding hydrogens is 399 g/mol. The quantitative estimate of drug-likeness (QED) is 0.446. The van der Waals surface area contributed by atoms with Crippen molar-refractivity contribution in [1.82, 2.24) is 4.90 Å². The number of aliphatic imine (C=N–C) groups is 1. The molecule has 0 unspecified atom stereocenters. The molecule has 0 amide bonds. The summed E-state index contributed by atoms with van der Waals surface area (Å²) in [6.07, 6.45) is 7.54. The number of anilines is 1. The molecule has 0 aromatic heterocycles. The van der Waals surface area contributed by atoms with Crippen LogP contribution in [0.1, 0.15) is 43.2 Å². The predicted molar refractivity (Wildman–Crippen MR) is 109 cm³/mol. The highest BCUT2D eigenvalue weighted by molar-refractivity contribution is 14.0. The van der Waals surface area contributed by atoms with Gasteiger partial charge in [-0.2, -0.15) is 0 Å². The molecule has 23 heavy (non-hydrogen) atoms. The third-order valence-corrected chi connectivity index (χ3v) is 4.85. The van der Waals surface area contributed by atoms with Crippen LogP contribution in [0.3, 0.4) is 0 Å². The Bertz CT molecular complexity index is 536. The molecule has 0 radical (unpaired) electrons. The van der Waals surface area contributed by atoms with Gasteiger partial charge in [-0.15, -0.1) is 24.0 Å². The van der Waals surface area contributed by atoms with E-state index in [0.29, 0.717) is 6.54 Å². The number of hydrogen-bond acceptors (Lipinski definition) is 2. The third kappa shape index (κ3) is 4.75. The summed E-state index contributed by atoms with van der Waals surface area (Å²) >= 11 is 0. The van der Waals surface area contributed by atoms with Crippen LogP contribution in [0.25, 0.3) is 0 Å². The van der Waals surface area contributed by atoms with Crippen LogP contribution in [0, 0.1) is 0 Å². The molecule has 1 saturated heterocycles. The number of fused-ring (bicyclic) bond motifs is 1. The Morgan fingerprint density at radius 2 is 1.83 bits per heavy atom. The van der Waals surface area contributed by atoms with Gasteiger partial charge in [0.05, 0.1) is 6.54 Å². The summed E-state index contributed by atoms with van der Waals surface area (Å²) < 4.78 is 0. The highest BCUT2D eigenvalue weighted by atomic mass is 127. The van der Waals surface area contributed by atoms with Crippen molar-refractivity contribution in [3.05, 3.63) is 29.3 Å². The zero-order chi connectivity index (χ0) is 15.4. The highest BCUT2D eigenvalue weighted by Gasteiger charge is 2.14. The standard InChI is InChI=1S/C18H28N4.HI/c1-21-10-6-7-16-13-15(8-9-17(16)21)14-20-18(19)22-11-4-2-3-5-12-22;/h8-9,13H,2-7,10-12,14H2,1H3,(H2,19,20);1H. The molecule has 2 heterocycles. The molecular formula is C18H29IN4. The van der Waals surface area contributed by atoms with Crippen LogP contribution >= 0.6 is 24.0 Å². The molecule has 0 spiro atoms. The first-order valence-electron chi connectivity index (χ1n) is 8.62. The van der Waals surface area contributed by atoms with Gasteiger partial charge in [-0.05, 0) is 42.9 Å². The molecule has 2 aliphatic rings. The Morgan fingerprint density at radius 1 is 1.09 bits per heavy atom. The van der Waals surface area contributed by atoms with E-state index in [1.165, 1.54) is 55.3 Å².